The van der Waals surface area contributed by atoms with Gasteiger partial charge in [-0.15, -0.1) is 11.8 Å². The maximum atomic E-state index is 13.0. The predicted molar refractivity (Wildman–Crippen MR) is 118 cm³/mol. The Morgan fingerprint density at radius 3 is 2.29 bits per heavy atom. The van der Waals surface area contributed by atoms with Crippen molar-refractivity contribution >= 4 is 29.3 Å². The summed E-state index contributed by atoms with van der Waals surface area (Å²) < 4.78 is 0. The highest BCUT2D eigenvalue weighted by atomic mass is 32.2. The molecule has 2 atom stereocenters. The minimum atomic E-state index is -0.276. The van der Waals surface area contributed by atoms with E-state index in [1.165, 1.54) is 11.8 Å². The lowest BCUT2D eigenvalue weighted by atomic mass is 10.1. The molecule has 0 aliphatic heterocycles. The van der Waals surface area contributed by atoms with E-state index in [-0.39, 0.29) is 28.9 Å². The summed E-state index contributed by atoms with van der Waals surface area (Å²) in [5, 5.41) is 2.61. The van der Waals surface area contributed by atoms with Crippen molar-refractivity contribution in [1.82, 2.24) is 4.90 Å². The van der Waals surface area contributed by atoms with Crippen LogP contribution in [0, 0.1) is 6.92 Å². The van der Waals surface area contributed by atoms with Crippen LogP contribution in [0.5, 0.6) is 0 Å². The van der Waals surface area contributed by atoms with Crippen LogP contribution in [0.15, 0.2) is 54.6 Å². The molecule has 4 nitrogen and oxygen atoms in total. The molecule has 0 saturated carbocycles. The van der Waals surface area contributed by atoms with Gasteiger partial charge in [0.2, 0.25) is 11.8 Å². The zero-order valence-corrected chi connectivity index (χ0v) is 18.0. The van der Waals surface area contributed by atoms with Crippen LogP contribution in [0.1, 0.15) is 38.3 Å². The Hall–Kier alpha value is -2.27. The molecule has 0 aliphatic rings. The molecule has 0 spiro atoms. The molecule has 2 aromatic rings. The van der Waals surface area contributed by atoms with E-state index < -0.39 is 0 Å². The zero-order chi connectivity index (χ0) is 20.5. The molecule has 0 aromatic heterocycles. The van der Waals surface area contributed by atoms with E-state index in [9.17, 15) is 9.59 Å². The summed E-state index contributed by atoms with van der Waals surface area (Å²) in [6.07, 6.45) is 0.893. The molecule has 0 aliphatic carbocycles. The smallest absolute Gasteiger partial charge is 0.235 e. The molecule has 2 rings (SSSR count). The molecule has 0 fully saturated rings. The molecule has 1 N–H and O–H groups in total. The largest absolute Gasteiger partial charge is 0.335 e. The van der Waals surface area contributed by atoms with Crippen molar-refractivity contribution in [2.24, 2.45) is 0 Å². The molecule has 2 amide bonds. The van der Waals surface area contributed by atoms with E-state index in [4.69, 9.17) is 0 Å². The number of hydrogen-bond donors (Lipinski definition) is 1. The van der Waals surface area contributed by atoms with Crippen LogP contribution in [-0.4, -0.2) is 33.8 Å². The molecule has 0 bridgehead atoms. The highest BCUT2D eigenvalue weighted by molar-refractivity contribution is 8.01. The lowest BCUT2D eigenvalue weighted by molar-refractivity contribution is -0.133. The molecule has 150 valence electrons. The molecule has 0 unspecified atom stereocenters. The topological polar surface area (TPSA) is 49.4 Å². The van der Waals surface area contributed by atoms with Gasteiger partial charge in [0, 0.05) is 18.3 Å². The Morgan fingerprint density at radius 2 is 1.68 bits per heavy atom. The third-order valence-electron chi connectivity index (χ3n) is 4.75. The molecular formula is C23H30N2O2S. The number of rotatable bonds is 9. The van der Waals surface area contributed by atoms with E-state index >= 15 is 0 Å². The monoisotopic (exact) mass is 398 g/mol. The average molecular weight is 399 g/mol. The van der Waals surface area contributed by atoms with Crippen LogP contribution >= 0.6 is 11.8 Å². The van der Waals surface area contributed by atoms with Crippen LogP contribution in [0.2, 0.25) is 0 Å². The Kier molecular flexibility index (Phi) is 8.58. The second-order valence-corrected chi connectivity index (χ2v) is 8.41. The average Bonchev–Trinajstić information content (AvgIpc) is 2.71. The number of nitrogens with one attached hydrogen (secondary N) is 1. The summed E-state index contributed by atoms with van der Waals surface area (Å²) in [6.45, 7) is 8.64. The lowest BCUT2D eigenvalue weighted by Crippen LogP contribution is -2.42. The molecule has 28 heavy (non-hydrogen) atoms. The number of carbonyl (C=O) groups excluding carboxylic acids is 2. The summed E-state index contributed by atoms with van der Waals surface area (Å²) in [5.41, 5.74) is 3.04. The van der Waals surface area contributed by atoms with Crippen LogP contribution < -0.4 is 5.32 Å². The lowest BCUT2D eigenvalue weighted by Gasteiger charge is -2.31. The van der Waals surface area contributed by atoms with E-state index in [0.717, 1.165) is 23.2 Å². The van der Waals surface area contributed by atoms with Crippen molar-refractivity contribution in [3.63, 3.8) is 0 Å². The first-order valence-corrected chi connectivity index (χ1v) is 10.8. The summed E-state index contributed by atoms with van der Waals surface area (Å²) in [6, 6.07) is 17.9. The van der Waals surface area contributed by atoms with E-state index in [1.54, 1.807) is 0 Å². The first kappa shape index (κ1) is 22.0. The standard InChI is InChI=1S/C23H30N2O2S/c1-5-18(3)25(15-20-9-7-6-8-10-20)23(27)19(4)28-16-22(26)24-21-13-11-17(2)12-14-21/h6-14,18-19H,5,15-16H2,1-4H3,(H,24,26)/t18-,19+/m1/s1. The van der Waals surface area contributed by atoms with Gasteiger partial charge in [-0.1, -0.05) is 55.0 Å². The summed E-state index contributed by atoms with van der Waals surface area (Å²) in [4.78, 5) is 27.2. The molecule has 0 saturated heterocycles. The Labute approximate surface area is 172 Å². The summed E-state index contributed by atoms with van der Waals surface area (Å²) >= 11 is 1.38. The SMILES string of the molecule is CC[C@@H](C)N(Cc1ccccc1)C(=O)[C@H](C)SCC(=O)Nc1ccc(C)cc1. The van der Waals surface area contributed by atoms with Crippen molar-refractivity contribution in [3.8, 4) is 0 Å². The van der Waals surface area contributed by atoms with Gasteiger partial charge in [0.05, 0.1) is 11.0 Å². The van der Waals surface area contributed by atoms with Gasteiger partial charge in [-0.3, -0.25) is 9.59 Å². The van der Waals surface area contributed by atoms with Gasteiger partial charge >= 0.3 is 0 Å². The highest BCUT2D eigenvalue weighted by Crippen LogP contribution is 2.19. The normalized spacial score (nSPS) is 12.9. The zero-order valence-electron chi connectivity index (χ0n) is 17.1. The Bertz CT molecular complexity index is 762. The number of anilines is 1. The van der Waals surface area contributed by atoms with Crippen molar-refractivity contribution in [3.05, 3.63) is 65.7 Å². The van der Waals surface area contributed by atoms with Crippen LogP contribution in [-0.2, 0) is 16.1 Å². The third kappa shape index (κ3) is 6.71. The first-order chi connectivity index (χ1) is 13.4. The van der Waals surface area contributed by atoms with E-state index in [1.807, 2.05) is 73.3 Å². The minimum Gasteiger partial charge on any atom is -0.335 e. The fourth-order valence-corrected chi connectivity index (χ4v) is 3.54. The number of thioether (sulfide) groups is 1. The maximum Gasteiger partial charge on any atom is 0.235 e. The predicted octanol–water partition coefficient (Wildman–Crippen LogP) is 4.88. The van der Waals surface area contributed by atoms with Crippen molar-refractivity contribution in [2.75, 3.05) is 11.1 Å². The summed E-state index contributed by atoms with van der Waals surface area (Å²) in [5.74, 6) is 0.235. The van der Waals surface area contributed by atoms with Crippen molar-refractivity contribution in [2.45, 2.75) is 52.0 Å². The number of amides is 2. The van der Waals surface area contributed by atoms with Crippen LogP contribution in [0.3, 0.4) is 0 Å². The quantitative estimate of drug-likeness (QED) is 0.655. The van der Waals surface area contributed by atoms with Gasteiger partial charge in [-0.25, -0.2) is 0 Å². The second kappa shape index (κ2) is 10.9. The van der Waals surface area contributed by atoms with Crippen molar-refractivity contribution < 1.29 is 9.59 Å². The highest BCUT2D eigenvalue weighted by Gasteiger charge is 2.25. The van der Waals surface area contributed by atoms with Crippen molar-refractivity contribution in [1.29, 1.82) is 0 Å². The van der Waals surface area contributed by atoms with Crippen LogP contribution in [0.25, 0.3) is 0 Å². The maximum absolute atomic E-state index is 13.0. The number of hydrogen-bond acceptors (Lipinski definition) is 3. The minimum absolute atomic E-state index is 0.0753. The number of aryl methyl sites for hydroxylation is 1. The number of carbonyl (C=O) groups is 2. The Morgan fingerprint density at radius 1 is 1.04 bits per heavy atom. The molecular weight excluding hydrogens is 368 g/mol. The molecule has 5 heteroatoms. The molecule has 0 heterocycles. The van der Waals surface area contributed by atoms with Gasteiger partial charge in [0.25, 0.3) is 0 Å². The van der Waals surface area contributed by atoms with Crippen LogP contribution in [0.4, 0.5) is 5.69 Å². The summed E-state index contributed by atoms with van der Waals surface area (Å²) in [7, 11) is 0. The van der Waals surface area contributed by atoms with Gasteiger partial charge in [0.15, 0.2) is 0 Å². The van der Waals surface area contributed by atoms with E-state index in [0.29, 0.717) is 6.54 Å². The van der Waals surface area contributed by atoms with Gasteiger partial charge in [-0.2, -0.15) is 0 Å². The number of nitrogens with zero attached hydrogens (tertiary/aromatic N) is 1. The number of benzene rings is 2. The fraction of sp³-hybridized carbons (Fsp3) is 0.391. The fourth-order valence-electron chi connectivity index (χ4n) is 2.79. The third-order valence-corrected chi connectivity index (χ3v) is 5.88. The van der Waals surface area contributed by atoms with Gasteiger partial charge < -0.3 is 10.2 Å². The van der Waals surface area contributed by atoms with E-state index in [2.05, 4.69) is 19.2 Å². The first-order valence-electron chi connectivity index (χ1n) is 9.73. The van der Waals surface area contributed by atoms with Gasteiger partial charge in [-0.05, 0) is 44.9 Å². The van der Waals surface area contributed by atoms with Gasteiger partial charge in [0.1, 0.15) is 0 Å². The Balaban J connectivity index is 1.92. The molecule has 2 aromatic carbocycles. The molecule has 0 radical (unpaired) electrons. The second-order valence-electron chi connectivity index (χ2n) is 7.08.